The molecule has 3 aromatic carbocycles. The van der Waals surface area contributed by atoms with E-state index in [1.807, 2.05) is 13.0 Å². The van der Waals surface area contributed by atoms with E-state index in [2.05, 4.69) is 18.5 Å². The third kappa shape index (κ3) is 2.79. The van der Waals surface area contributed by atoms with E-state index in [1.54, 1.807) is 12.1 Å². The number of hydrogen-bond acceptors (Lipinski definition) is 2. The molecule has 0 unspecified atom stereocenters. The van der Waals surface area contributed by atoms with E-state index in [9.17, 15) is 22.0 Å². The van der Waals surface area contributed by atoms with Crippen LogP contribution in [0.5, 0.6) is 0 Å². The van der Waals surface area contributed by atoms with Crippen LogP contribution in [0.3, 0.4) is 0 Å². The van der Waals surface area contributed by atoms with Gasteiger partial charge in [0.15, 0.2) is 23.3 Å². The number of rotatable bonds is 3. The Bertz CT molecular complexity index is 1160. The van der Waals surface area contributed by atoms with E-state index in [-0.39, 0.29) is 11.4 Å². The molecule has 0 aliphatic carbocycles. The van der Waals surface area contributed by atoms with Crippen molar-refractivity contribution in [1.29, 1.82) is 0 Å². The van der Waals surface area contributed by atoms with Gasteiger partial charge < -0.3 is 11.1 Å². The Morgan fingerprint density at radius 3 is 2.04 bits per heavy atom. The number of nitrogens with one attached hydrogen (secondary N) is 1. The highest BCUT2D eigenvalue weighted by Crippen LogP contribution is 2.25. The molecule has 0 atom stereocenters. The Kier molecular flexibility index (Phi) is 4.55. The molecule has 3 rings (SSSR count). The maximum Gasteiger partial charge on any atom is 0.200 e. The zero-order valence-corrected chi connectivity index (χ0v) is 14.3. The van der Waals surface area contributed by atoms with E-state index in [1.165, 1.54) is 0 Å². The SMILES string of the molecule is C=c1c(NCc2c(F)c(F)c(F)c(F)c2F)c(N)c(=C)c2c(C)cccc12. The van der Waals surface area contributed by atoms with Gasteiger partial charge in [-0.1, -0.05) is 31.4 Å². The molecule has 27 heavy (non-hydrogen) atoms. The van der Waals surface area contributed by atoms with E-state index in [4.69, 9.17) is 5.73 Å². The average Bonchev–Trinajstić information content (AvgIpc) is 2.65. The van der Waals surface area contributed by atoms with E-state index < -0.39 is 41.2 Å². The van der Waals surface area contributed by atoms with Crippen molar-refractivity contribution in [1.82, 2.24) is 0 Å². The Morgan fingerprint density at radius 2 is 1.44 bits per heavy atom. The fraction of sp³-hybridized carbons (Fsp3) is 0.100. The van der Waals surface area contributed by atoms with Gasteiger partial charge in [0.25, 0.3) is 0 Å². The van der Waals surface area contributed by atoms with Crippen molar-refractivity contribution in [2.24, 2.45) is 0 Å². The molecular formula is C20H15F5N2. The summed E-state index contributed by atoms with van der Waals surface area (Å²) in [6, 6.07) is 5.45. The lowest BCUT2D eigenvalue weighted by Crippen LogP contribution is -2.23. The molecular weight excluding hydrogens is 363 g/mol. The molecule has 0 saturated carbocycles. The maximum absolute atomic E-state index is 13.9. The normalized spacial score (nSPS) is 11.2. The quantitative estimate of drug-likeness (QED) is 0.314. The molecule has 0 aromatic heterocycles. The molecule has 0 saturated heterocycles. The third-order valence-corrected chi connectivity index (χ3v) is 4.54. The van der Waals surface area contributed by atoms with E-state index in [0.29, 0.717) is 15.8 Å². The van der Waals surface area contributed by atoms with Gasteiger partial charge in [0.05, 0.1) is 11.4 Å². The van der Waals surface area contributed by atoms with Crippen LogP contribution in [0, 0.1) is 36.0 Å². The number of aryl methyl sites for hydroxylation is 1. The third-order valence-electron chi connectivity index (χ3n) is 4.54. The summed E-state index contributed by atoms with van der Waals surface area (Å²) in [5, 5.41) is 5.07. The lowest BCUT2D eigenvalue weighted by Gasteiger charge is -2.15. The second-order valence-electron chi connectivity index (χ2n) is 6.15. The standard InChI is InChI=1S/C20H15F5N2/c1-8-5-4-6-11-9(2)20(19(26)10(3)13(8)11)27-7-12-14(21)16(23)18(25)17(24)15(12)22/h4-6,27H,2-3,7,26H2,1H3. The molecule has 0 heterocycles. The minimum atomic E-state index is -2.20. The van der Waals surface area contributed by atoms with Gasteiger partial charge in [-0.05, 0) is 23.3 Å². The molecule has 0 spiro atoms. The molecule has 2 nitrogen and oxygen atoms in total. The summed E-state index contributed by atoms with van der Waals surface area (Å²) in [6.45, 7) is 9.06. The fourth-order valence-electron chi connectivity index (χ4n) is 3.09. The first-order chi connectivity index (χ1) is 12.7. The van der Waals surface area contributed by atoms with Crippen LogP contribution in [-0.2, 0) is 6.54 Å². The number of nitrogen functional groups attached to an aromatic ring is 1. The zero-order valence-electron chi connectivity index (χ0n) is 14.3. The van der Waals surface area contributed by atoms with Gasteiger partial charge in [-0.25, -0.2) is 22.0 Å². The predicted molar refractivity (Wildman–Crippen MR) is 97.0 cm³/mol. The summed E-state index contributed by atoms with van der Waals surface area (Å²) in [5.41, 5.74) is 6.42. The van der Waals surface area contributed by atoms with Gasteiger partial charge in [-0.2, -0.15) is 0 Å². The summed E-state index contributed by atoms with van der Waals surface area (Å²) in [6.07, 6.45) is 0. The number of fused-ring (bicyclic) bond motifs is 1. The first-order valence-electron chi connectivity index (χ1n) is 7.89. The fourth-order valence-corrected chi connectivity index (χ4v) is 3.09. The molecule has 0 bridgehead atoms. The summed E-state index contributed by atoms with van der Waals surface area (Å²) in [4.78, 5) is 0. The van der Waals surface area contributed by atoms with Crippen molar-refractivity contribution in [3.63, 3.8) is 0 Å². The van der Waals surface area contributed by atoms with Crippen molar-refractivity contribution in [2.75, 3.05) is 11.1 Å². The van der Waals surface area contributed by atoms with Crippen LogP contribution in [0.15, 0.2) is 18.2 Å². The Morgan fingerprint density at radius 1 is 0.889 bits per heavy atom. The van der Waals surface area contributed by atoms with Crippen LogP contribution < -0.4 is 21.5 Å². The monoisotopic (exact) mass is 378 g/mol. The van der Waals surface area contributed by atoms with Crippen molar-refractivity contribution >= 4 is 35.3 Å². The highest BCUT2D eigenvalue weighted by molar-refractivity contribution is 5.94. The highest BCUT2D eigenvalue weighted by Gasteiger charge is 2.25. The second-order valence-corrected chi connectivity index (χ2v) is 6.15. The van der Waals surface area contributed by atoms with E-state index in [0.717, 1.165) is 10.9 Å². The molecule has 0 aliphatic rings. The minimum Gasteiger partial charge on any atom is -0.397 e. The Hall–Kier alpha value is -3.09. The molecule has 0 radical (unpaired) electrons. The molecule has 7 heteroatoms. The summed E-state index contributed by atoms with van der Waals surface area (Å²) in [7, 11) is 0. The van der Waals surface area contributed by atoms with Gasteiger partial charge in [-0.3, -0.25) is 0 Å². The van der Waals surface area contributed by atoms with Crippen molar-refractivity contribution in [3.8, 4) is 0 Å². The van der Waals surface area contributed by atoms with E-state index >= 15 is 0 Å². The van der Waals surface area contributed by atoms with Gasteiger partial charge in [0, 0.05) is 22.5 Å². The van der Waals surface area contributed by atoms with Crippen LogP contribution >= 0.6 is 0 Å². The topological polar surface area (TPSA) is 38.0 Å². The van der Waals surface area contributed by atoms with Crippen molar-refractivity contribution in [2.45, 2.75) is 13.5 Å². The maximum atomic E-state index is 13.9. The van der Waals surface area contributed by atoms with Crippen LogP contribution in [-0.4, -0.2) is 0 Å². The zero-order chi connectivity index (χ0) is 20.0. The molecule has 140 valence electrons. The number of nitrogens with two attached hydrogens (primary N) is 1. The molecule has 0 amide bonds. The van der Waals surface area contributed by atoms with Gasteiger partial charge in [-0.15, -0.1) is 0 Å². The van der Waals surface area contributed by atoms with Gasteiger partial charge in [0.2, 0.25) is 5.82 Å². The first kappa shape index (κ1) is 18.7. The number of benzene rings is 3. The summed E-state index contributed by atoms with van der Waals surface area (Å²) < 4.78 is 67.6. The predicted octanol–water partition coefficient (Wildman–Crippen LogP) is 3.86. The molecule has 0 fully saturated rings. The number of hydrogen-bond donors (Lipinski definition) is 2. The largest absolute Gasteiger partial charge is 0.397 e. The smallest absolute Gasteiger partial charge is 0.200 e. The highest BCUT2D eigenvalue weighted by atomic mass is 19.2. The Balaban J connectivity index is 2.13. The number of anilines is 2. The van der Waals surface area contributed by atoms with Crippen LogP contribution in [0.4, 0.5) is 33.3 Å². The minimum absolute atomic E-state index is 0.186. The van der Waals surface area contributed by atoms with Crippen LogP contribution in [0.2, 0.25) is 0 Å². The van der Waals surface area contributed by atoms with Crippen molar-refractivity contribution < 1.29 is 22.0 Å². The number of halogens is 5. The summed E-state index contributed by atoms with van der Waals surface area (Å²) >= 11 is 0. The van der Waals surface area contributed by atoms with Gasteiger partial charge >= 0.3 is 0 Å². The molecule has 3 N–H and O–H groups in total. The molecule has 0 aliphatic heterocycles. The first-order valence-corrected chi connectivity index (χ1v) is 7.89. The average molecular weight is 378 g/mol. The molecule has 3 aromatic rings. The van der Waals surface area contributed by atoms with Crippen molar-refractivity contribution in [3.05, 3.63) is 68.8 Å². The lowest BCUT2D eigenvalue weighted by atomic mass is 9.99. The lowest BCUT2D eigenvalue weighted by molar-refractivity contribution is 0.371. The van der Waals surface area contributed by atoms with Crippen LogP contribution in [0.25, 0.3) is 23.9 Å². The summed E-state index contributed by atoms with van der Waals surface area (Å²) in [5.74, 6) is -9.99. The Labute approximate surface area is 151 Å². The second kappa shape index (κ2) is 6.57. The van der Waals surface area contributed by atoms with Crippen LogP contribution in [0.1, 0.15) is 11.1 Å². The van der Waals surface area contributed by atoms with Gasteiger partial charge in [0.1, 0.15) is 0 Å².